The third kappa shape index (κ3) is 2.84. The van der Waals surface area contributed by atoms with Gasteiger partial charge < -0.3 is 0 Å². The first-order valence-corrected chi connectivity index (χ1v) is 2.73. The van der Waals surface area contributed by atoms with Gasteiger partial charge >= 0.3 is 0 Å². The molecule has 0 aliphatic rings. The number of rotatable bonds is 3. The van der Waals surface area contributed by atoms with Gasteiger partial charge in [0.2, 0.25) is 0 Å². The molecular formula is C4H10B3. The highest BCUT2D eigenvalue weighted by atomic mass is 13.5. The Kier molecular flexibility index (Phi) is 4.48. The summed E-state index contributed by atoms with van der Waals surface area (Å²) in [6.45, 7) is 6.22. The van der Waals surface area contributed by atoms with E-state index in [1.807, 2.05) is 0 Å². The van der Waals surface area contributed by atoms with Crippen LogP contribution in [0, 0.1) is 0 Å². The summed E-state index contributed by atoms with van der Waals surface area (Å²) in [5.74, 6) is 0. The summed E-state index contributed by atoms with van der Waals surface area (Å²) in [7, 11) is 6.50. The van der Waals surface area contributed by atoms with Gasteiger partial charge in [0.05, 0.1) is 21.8 Å². The predicted molar refractivity (Wildman–Crippen MR) is 38.6 cm³/mol. The van der Waals surface area contributed by atoms with Gasteiger partial charge in [0.1, 0.15) is 0 Å². The summed E-state index contributed by atoms with van der Waals surface area (Å²) in [5.41, 5.74) is 0.611. The summed E-state index contributed by atoms with van der Waals surface area (Å²) in [6.07, 6.45) is 0. The SMILES string of the molecule is C[B]C([B]C)[B]C. The predicted octanol–water partition coefficient (Wildman–Crippen LogP) is 0.947. The summed E-state index contributed by atoms with van der Waals surface area (Å²) in [4.78, 5) is 0. The van der Waals surface area contributed by atoms with Gasteiger partial charge in [-0.15, -0.1) is 5.62 Å². The highest BCUT2D eigenvalue weighted by molar-refractivity contribution is 6.74. The van der Waals surface area contributed by atoms with E-state index in [1.54, 1.807) is 0 Å². The molecule has 0 fully saturated rings. The minimum absolute atomic E-state index is 0.611. The fourth-order valence-corrected chi connectivity index (χ4v) is 0.577. The molecule has 0 atom stereocenters. The van der Waals surface area contributed by atoms with E-state index in [-0.39, 0.29) is 0 Å². The molecule has 0 saturated heterocycles. The van der Waals surface area contributed by atoms with Crippen molar-refractivity contribution >= 4 is 21.8 Å². The van der Waals surface area contributed by atoms with Gasteiger partial charge in [-0.1, -0.05) is 20.5 Å². The lowest BCUT2D eigenvalue weighted by molar-refractivity contribution is 1.71. The van der Waals surface area contributed by atoms with Crippen LogP contribution in [0.2, 0.25) is 26.1 Å². The van der Waals surface area contributed by atoms with Crippen LogP contribution in [0.15, 0.2) is 0 Å². The van der Waals surface area contributed by atoms with E-state index in [2.05, 4.69) is 42.3 Å². The number of hydrogen-bond acceptors (Lipinski definition) is 0. The average molecular weight is 90.6 g/mol. The quantitative estimate of drug-likeness (QED) is 0.453. The van der Waals surface area contributed by atoms with Crippen molar-refractivity contribution in [3.63, 3.8) is 0 Å². The lowest BCUT2D eigenvalue weighted by Crippen LogP contribution is -2.10. The Morgan fingerprint density at radius 2 is 1.14 bits per heavy atom. The van der Waals surface area contributed by atoms with Crippen molar-refractivity contribution in [1.82, 2.24) is 0 Å². The maximum Gasteiger partial charge on any atom is 0.0915 e. The molecule has 0 aromatic carbocycles. The number of hydrogen-bond donors (Lipinski definition) is 0. The second-order valence-corrected chi connectivity index (χ2v) is 1.58. The fourth-order valence-electron chi connectivity index (χ4n) is 0.577. The van der Waals surface area contributed by atoms with Crippen LogP contribution in [0.3, 0.4) is 0 Å². The molecular weight excluding hydrogens is 80.5 g/mol. The normalized spacial score (nSPS) is 8.57. The summed E-state index contributed by atoms with van der Waals surface area (Å²) in [5, 5.41) is 0. The van der Waals surface area contributed by atoms with E-state index < -0.39 is 0 Å². The Morgan fingerprint density at radius 1 is 0.857 bits per heavy atom. The van der Waals surface area contributed by atoms with Crippen molar-refractivity contribution in [3.8, 4) is 0 Å². The van der Waals surface area contributed by atoms with Crippen LogP contribution in [0.1, 0.15) is 0 Å². The van der Waals surface area contributed by atoms with E-state index in [1.165, 1.54) is 0 Å². The first-order chi connectivity index (χ1) is 3.35. The molecule has 0 aliphatic carbocycles. The second kappa shape index (κ2) is 4.36. The minimum Gasteiger partial charge on any atom is -0.122 e. The van der Waals surface area contributed by atoms with E-state index in [9.17, 15) is 0 Å². The zero-order valence-electron chi connectivity index (χ0n) is 5.31. The highest BCUT2D eigenvalue weighted by Crippen LogP contribution is 1.94. The molecule has 3 heteroatoms. The van der Waals surface area contributed by atoms with Crippen molar-refractivity contribution in [2.75, 3.05) is 0 Å². The van der Waals surface area contributed by atoms with Gasteiger partial charge in [0.25, 0.3) is 0 Å². The van der Waals surface area contributed by atoms with Crippen molar-refractivity contribution < 1.29 is 0 Å². The Balaban J connectivity index is 2.99. The van der Waals surface area contributed by atoms with Gasteiger partial charge in [-0.25, -0.2) is 0 Å². The van der Waals surface area contributed by atoms with Crippen LogP contribution in [-0.4, -0.2) is 21.8 Å². The van der Waals surface area contributed by atoms with Crippen LogP contribution in [0.4, 0.5) is 0 Å². The average Bonchev–Trinajstić information content (AvgIpc) is 1.72. The first kappa shape index (κ1) is 7.19. The molecule has 0 saturated carbocycles. The standard InChI is InChI=1S/C4H10B3/c1-5-4(6-2)7-3/h4H,1-3H3. The molecule has 0 amide bonds. The van der Waals surface area contributed by atoms with Gasteiger partial charge in [0.15, 0.2) is 0 Å². The smallest absolute Gasteiger partial charge is 0.0915 e. The molecule has 0 unspecified atom stereocenters. The Morgan fingerprint density at radius 3 is 1.14 bits per heavy atom. The molecule has 0 aromatic heterocycles. The van der Waals surface area contributed by atoms with E-state index >= 15 is 0 Å². The van der Waals surface area contributed by atoms with Crippen molar-refractivity contribution in [2.24, 2.45) is 0 Å². The second-order valence-electron chi connectivity index (χ2n) is 1.58. The van der Waals surface area contributed by atoms with Crippen LogP contribution >= 0.6 is 0 Å². The van der Waals surface area contributed by atoms with E-state index in [4.69, 9.17) is 0 Å². The van der Waals surface area contributed by atoms with E-state index in [0.29, 0.717) is 5.62 Å². The molecule has 0 aliphatic heterocycles. The molecule has 0 rings (SSSR count). The zero-order valence-corrected chi connectivity index (χ0v) is 5.31. The lowest BCUT2D eigenvalue weighted by atomic mass is 9.32. The van der Waals surface area contributed by atoms with Crippen LogP contribution in [0.5, 0.6) is 0 Å². The Hall–Kier alpha value is 0.195. The van der Waals surface area contributed by atoms with Gasteiger partial charge in [-0.2, -0.15) is 0 Å². The Bertz CT molecular complexity index is 28.4. The molecule has 3 radical (unpaired) electrons. The van der Waals surface area contributed by atoms with Gasteiger partial charge in [-0.3, -0.25) is 0 Å². The Labute approximate surface area is 48.8 Å². The topological polar surface area (TPSA) is 0 Å². The molecule has 0 N–H and O–H groups in total. The van der Waals surface area contributed by atoms with Crippen LogP contribution in [0.25, 0.3) is 0 Å². The summed E-state index contributed by atoms with van der Waals surface area (Å²) >= 11 is 0. The first-order valence-electron chi connectivity index (χ1n) is 2.73. The largest absolute Gasteiger partial charge is 0.122 e. The van der Waals surface area contributed by atoms with Crippen molar-refractivity contribution in [3.05, 3.63) is 0 Å². The molecule has 0 spiro atoms. The third-order valence-corrected chi connectivity index (χ3v) is 1.15. The molecule has 0 aromatic rings. The van der Waals surface area contributed by atoms with E-state index in [0.717, 1.165) is 0 Å². The summed E-state index contributed by atoms with van der Waals surface area (Å²) < 4.78 is 0. The van der Waals surface area contributed by atoms with Crippen LogP contribution in [-0.2, 0) is 0 Å². The molecule has 0 nitrogen and oxygen atoms in total. The molecule has 7 heavy (non-hydrogen) atoms. The summed E-state index contributed by atoms with van der Waals surface area (Å²) in [6, 6.07) is 0. The van der Waals surface area contributed by atoms with Crippen molar-refractivity contribution in [2.45, 2.75) is 26.1 Å². The zero-order chi connectivity index (χ0) is 5.70. The third-order valence-electron chi connectivity index (χ3n) is 1.15. The van der Waals surface area contributed by atoms with Crippen LogP contribution < -0.4 is 0 Å². The van der Waals surface area contributed by atoms with Crippen molar-refractivity contribution in [1.29, 1.82) is 0 Å². The molecule has 0 bridgehead atoms. The van der Waals surface area contributed by atoms with Gasteiger partial charge in [-0.05, 0) is 0 Å². The maximum atomic E-state index is 2.17. The minimum atomic E-state index is 0.611. The maximum absolute atomic E-state index is 2.17. The molecule has 0 heterocycles. The monoisotopic (exact) mass is 91.1 g/mol. The fraction of sp³-hybridized carbons (Fsp3) is 1.00. The van der Waals surface area contributed by atoms with Gasteiger partial charge in [0, 0.05) is 0 Å². The molecule has 35 valence electrons. The highest BCUT2D eigenvalue weighted by Gasteiger charge is 1.99. The lowest BCUT2D eigenvalue weighted by Gasteiger charge is -2.01.